The van der Waals surface area contributed by atoms with E-state index >= 15 is 0 Å². The smallest absolute Gasteiger partial charge is 0.327 e. The summed E-state index contributed by atoms with van der Waals surface area (Å²) >= 11 is 0. The SMILES string of the molecule is COc1cccc(N(CC(=O)N2CCCc3ccccc32)C(=O)CNC(=O)n2ccnc2)c1. The summed E-state index contributed by atoms with van der Waals surface area (Å²) in [6.45, 7) is 0.146. The zero-order valence-electron chi connectivity index (χ0n) is 18.3. The van der Waals surface area contributed by atoms with Crippen molar-refractivity contribution in [2.75, 3.05) is 36.5 Å². The van der Waals surface area contributed by atoms with Gasteiger partial charge in [0.2, 0.25) is 11.8 Å². The molecule has 2 heterocycles. The van der Waals surface area contributed by atoms with Crippen molar-refractivity contribution in [2.24, 2.45) is 0 Å². The van der Waals surface area contributed by atoms with Gasteiger partial charge in [-0.2, -0.15) is 0 Å². The predicted octanol–water partition coefficient (Wildman–Crippen LogP) is 2.46. The number of carbonyl (C=O) groups is 3. The number of amides is 3. The number of carbonyl (C=O) groups excluding carboxylic acids is 3. The van der Waals surface area contributed by atoms with E-state index in [1.807, 2.05) is 24.3 Å². The number of rotatable bonds is 6. The van der Waals surface area contributed by atoms with E-state index in [9.17, 15) is 14.4 Å². The van der Waals surface area contributed by atoms with Gasteiger partial charge in [-0.25, -0.2) is 9.78 Å². The monoisotopic (exact) mass is 447 g/mol. The Morgan fingerprint density at radius 1 is 1.15 bits per heavy atom. The Morgan fingerprint density at radius 3 is 2.79 bits per heavy atom. The minimum atomic E-state index is -0.484. The third-order valence-corrected chi connectivity index (χ3v) is 5.50. The molecule has 0 radical (unpaired) electrons. The molecule has 0 fully saturated rings. The third kappa shape index (κ3) is 5.03. The van der Waals surface area contributed by atoms with Gasteiger partial charge < -0.3 is 19.9 Å². The molecule has 170 valence electrons. The molecule has 0 aliphatic carbocycles. The summed E-state index contributed by atoms with van der Waals surface area (Å²) in [5.74, 6) is -0.0573. The van der Waals surface area contributed by atoms with Crippen molar-refractivity contribution < 1.29 is 19.1 Å². The molecule has 0 bridgehead atoms. The largest absolute Gasteiger partial charge is 0.497 e. The van der Waals surface area contributed by atoms with E-state index in [1.165, 1.54) is 35.3 Å². The number of aromatic nitrogens is 2. The molecule has 9 heteroatoms. The third-order valence-electron chi connectivity index (χ3n) is 5.50. The molecule has 33 heavy (non-hydrogen) atoms. The first kappa shape index (κ1) is 22.1. The van der Waals surface area contributed by atoms with Crippen molar-refractivity contribution in [3.8, 4) is 5.75 Å². The molecule has 3 aromatic rings. The fourth-order valence-electron chi connectivity index (χ4n) is 3.83. The highest BCUT2D eigenvalue weighted by Gasteiger charge is 2.27. The number of aryl methyl sites for hydroxylation is 1. The lowest BCUT2D eigenvalue weighted by Crippen LogP contribution is -2.48. The Bertz CT molecular complexity index is 1150. The molecule has 1 N–H and O–H groups in total. The first-order valence-electron chi connectivity index (χ1n) is 10.7. The second-order valence-corrected chi connectivity index (χ2v) is 7.59. The van der Waals surface area contributed by atoms with Gasteiger partial charge in [-0.1, -0.05) is 24.3 Å². The summed E-state index contributed by atoms with van der Waals surface area (Å²) in [6, 6.07) is 14.3. The Morgan fingerprint density at radius 2 is 2.00 bits per heavy atom. The summed E-state index contributed by atoms with van der Waals surface area (Å²) in [5.41, 5.74) is 2.50. The van der Waals surface area contributed by atoms with Crippen LogP contribution in [0.4, 0.5) is 16.2 Å². The molecule has 0 saturated carbocycles. The van der Waals surface area contributed by atoms with Crippen LogP contribution in [0, 0.1) is 0 Å². The van der Waals surface area contributed by atoms with Crippen LogP contribution in [0.3, 0.4) is 0 Å². The normalized spacial score (nSPS) is 12.6. The topological polar surface area (TPSA) is 96.8 Å². The fraction of sp³-hybridized carbons (Fsp3) is 0.250. The number of benzene rings is 2. The number of nitrogens with zero attached hydrogens (tertiary/aromatic N) is 4. The quantitative estimate of drug-likeness (QED) is 0.626. The second-order valence-electron chi connectivity index (χ2n) is 7.59. The van der Waals surface area contributed by atoms with Crippen molar-refractivity contribution >= 4 is 29.2 Å². The van der Waals surface area contributed by atoms with Crippen LogP contribution in [-0.4, -0.2) is 54.1 Å². The molecule has 2 aromatic carbocycles. The number of para-hydroxylation sites is 1. The number of methoxy groups -OCH3 is 1. The zero-order chi connectivity index (χ0) is 23.2. The fourth-order valence-corrected chi connectivity index (χ4v) is 3.83. The van der Waals surface area contributed by atoms with Crippen LogP contribution in [0.5, 0.6) is 5.75 Å². The summed E-state index contributed by atoms with van der Waals surface area (Å²) < 4.78 is 6.52. The molecule has 0 unspecified atom stereocenters. The number of fused-ring (bicyclic) bond motifs is 1. The van der Waals surface area contributed by atoms with Crippen LogP contribution in [-0.2, 0) is 16.0 Å². The lowest BCUT2D eigenvalue weighted by Gasteiger charge is -2.32. The molecular weight excluding hydrogens is 422 g/mol. The highest BCUT2D eigenvalue weighted by atomic mass is 16.5. The number of nitrogens with one attached hydrogen (secondary N) is 1. The molecule has 1 aliphatic rings. The van der Waals surface area contributed by atoms with Crippen LogP contribution in [0.1, 0.15) is 12.0 Å². The minimum absolute atomic E-state index is 0.165. The van der Waals surface area contributed by atoms with Crippen molar-refractivity contribution in [3.63, 3.8) is 0 Å². The van der Waals surface area contributed by atoms with Gasteiger partial charge >= 0.3 is 6.03 Å². The van der Waals surface area contributed by atoms with E-state index in [0.29, 0.717) is 18.0 Å². The van der Waals surface area contributed by atoms with Gasteiger partial charge in [0.15, 0.2) is 0 Å². The van der Waals surface area contributed by atoms with Crippen molar-refractivity contribution in [2.45, 2.75) is 12.8 Å². The number of hydrogen-bond acceptors (Lipinski definition) is 5. The maximum atomic E-state index is 13.3. The first-order valence-corrected chi connectivity index (χ1v) is 10.7. The highest BCUT2D eigenvalue weighted by molar-refractivity contribution is 6.05. The molecule has 4 rings (SSSR count). The summed E-state index contributed by atoms with van der Waals surface area (Å²) in [5, 5.41) is 2.57. The van der Waals surface area contributed by atoms with Gasteiger partial charge in [0.1, 0.15) is 18.6 Å². The van der Waals surface area contributed by atoms with E-state index in [-0.39, 0.29) is 19.0 Å². The molecule has 9 nitrogen and oxygen atoms in total. The van der Waals surface area contributed by atoms with E-state index in [0.717, 1.165) is 24.1 Å². The molecule has 3 amide bonds. The number of hydrogen-bond donors (Lipinski definition) is 1. The Balaban J connectivity index is 1.54. The van der Waals surface area contributed by atoms with Gasteiger partial charge in [0, 0.05) is 36.4 Å². The molecule has 0 saturated heterocycles. The molecule has 0 spiro atoms. The van der Waals surface area contributed by atoms with Gasteiger partial charge in [-0.15, -0.1) is 0 Å². The van der Waals surface area contributed by atoms with Crippen LogP contribution in [0.2, 0.25) is 0 Å². The Kier molecular flexibility index (Phi) is 6.68. The van der Waals surface area contributed by atoms with Crippen molar-refractivity contribution in [1.82, 2.24) is 14.9 Å². The zero-order valence-corrected chi connectivity index (χ0v) is 18.3. The van der Waals surface area contributed by atoms with Crippen LogP contribution in [0.25, 0.3) is 0 Å². The van der Waals surface area contributed by atoms with Crippen LogP contribution < -0.4 is 19.9 Å². The van der Waals surface area contributed by atoms with Gasteiger partial charge in [-0.05, 0) is 36.6 Å². The van der Waals surface area contributed by atoms with E-state index in [4.69, 9.17) is 4.74 Å². The maximum absolute atomic E-state index is 13.3. The first-order chi connectivity index (χ1) is 16.1. The van der Waals surface area contributed by atoms with Crippen molar-refractivity contribution in [3.05, 3.63) is 72.8 Å². The molecule has 1 aromatic heterocycles. The summed E-state index contributed by atoms with van der Waals surface area (Å²) in [4.78, 5) is 45.6. The van der Waals surface area contributed by atoms with E-state index < -0.39 is 11.9 Å². The molecule has 0 atom stereocenters. The Labute approximate surface area is 191 Å². The van der Waals surface area contributed by atoms with E-state index in [1.54, 1.807) is 29.2 Å². The van der Waals surface area contributed by atoms with Crippen LogP contribution >= 0.6 is 0 Å². The number of anilines is 2. The second kappa shape index (κ2) is 9.99. The molecular formula is C24H25N5O4. The predicted molar refractivity (Wildman–Crippen MR) is 123 cm³/mol. The average molecular weight is 447 g/mol. The van der Waals surface area contributed by atoms with Gasteiger partial charge in [0.05, 0.1) is 13.7 Å². The number of ether oxygens (including phenoxy) is 1. The lowest BCUT2D eigenvalue weighted by atomic mass is 10.0. The maximum Gasteiger partial charge on any atom is 0.327 e. The highest BCUT2D eigenvalue weighted by Crippen LogP contribution is 2.28. The molecule has 1 aliphatic heterocycles. The van der Waals surface area contributed by atoms with Crippen LogP contribution in [0.15, 0.2) is 67.3 Å². The van der Waals surface area contributed by atoms with Gasteiger partial charge in [0.25, 0.3) is 0 Å². The van der Waals surface area contributed by atoms with E-state index in [2.05, 4.69) is 10.3 Å². The lowest BCUT2D eigenvalue weighted by molar-refractivity contribution is -0.122. The summed E-state index contributed by atoms with van der Waals surface area (Å²) in [7, 11) is 1.53. The standard InChI is InChI=1S/C24H25N5O4/c1-33-20-9-4-8-19(14-20)29(22(30)15-26-24(32)27-13-11-25-17-27)16-23(31)28-12-5-7-18-6-2-3-10-21(18)28/h2-4,6,8-11,13-14,17H,5,7,12,15-16H2,1H3,(H,26,32). The number of imidazole rings is 1. The van der Waals surface area contributed by atoms with Crippen molar-refractivity contribution in [1.29, 1.82) is 0 Å². The average Bonchev–Trinajstić information content (AvgIpc) is 3.40. The minimum Gasteiger partial charge on any atom is -0.497 e. The van der Waals surface area contributed by atoms with Gasteiger partial charge in [-0.3, -0.25) is 14.2 Å². The Hall–Kier alpha value is -4.14. The summed E-state index contributed by atoms with van der Waals surface area (Å²) in [6.07, 6.45) is 6.07.